The van der Waals surface area contributed by atoms with Gasteiger partial charge >= 0.3 is 5.65 Å². The van der Waals surface area contributed by atoms with E-state index in [4.69, 9.17) is 11.6 Å². The minimum atomic E-state index is 0.739. The molecule has 0 aliphatic rings. The predicted molar refractivity (Wildman–Crippen MR) is 102 cm³/mol. The lowest BCUT2D eigenvalue weighted by atomic mass is 10.0. The molecule has 0 radical (unpaired) electrons. The molecule has 0 bridgehead atoms. The summed E-state index contributed by atoms with van der Waals surface area (Å²) in [5, 5.41) is 9.62. The number of aromatic nitrogens is 3. The molecule has 2 heterocycles. The van der Waals surface area contributed by atoms with E-state index in [1.807, 2.05) is 18.2 Å². The highest BCUT2D eigenvalue weighted by molar-refractivity contribution is 6.31. The zero-order chi connectivity index (χ0) is 17.4. The van der Waals surface area contributed by atoms with E-state index in [1.54, 1.807) is 0 Å². The zero-order valence-electron chi connectivity index (χ0n) is 14.3. The second-order valence-corrected chi connectivity index (χ2v) is 6.94. The van der Waals surface area contributed by atoms with E-state index in [0.717, 1.165) is 51.5 Å². The first-order valence-corrected chi connectivity index (χ1v) is 8.73. The van der Waals surface area contributed by atoms with Crippen LogP contribution >= 0.6 is 11.6 Å². The Labute approximate surface area is 151 Å². The number of nitrogens with zero attached hydrogens (tertiary/aromatic N) is 3. The summed E-state index contributed by atoms with van der Waals surface area (Å²) in [4.78, 5) is 2.17. The molecule has 0 unspecified atom stereocenters. The average Bonchev–Trinajstić information content (AvgIpc) is 3.03. The van der Waals surface area contributed by atoms with Crippen LogP contribution in [0.4, 0.5) is 0 Å². The van der Waals surface area contributed by atoms with Crippen molar-refractivity contribution in [2.24, 2.45) is 0 Å². The lowest BCUT2D eigenvalue weighted by Gasteiger charge is -2.09. The maximum Gasteiger partial charge on any atom is 0.307 e. The van der Waals surface area contributed by atoms with Gasteiger partial charge in [-0.3, -0.25) is 0 Å². The van der Waals surface area contributed by atoms with E-state index >= 15 is 0 Å². The van der Waals surface area contributed by atoms with Crippen molar-refractivity contribution in [2.75, 3.05) is 20.6 Å². The highest BCUT2D eigenvalue weighted by Crippen LogP contribution is 2.30. The smallest absolute Gasteiger partial charge is 0.307 e. The molecule has 0 fully saturated rings. The van der Waals surface area contributed by atoms with Gasteiger partial charge in [-0.15, -0.1) is 5.10 Å². The number of hydrogen-bond acceptors (Lipinski definition) is 2. The third kappa shape index (κ3) is 2.99. The van der Waals surface area contributed by atoms with Gasteiger partial charge in [0.25, 0.3) is 0 Å². The minimum absolute atomic E-state index is 0.739. The summed E-state index contributed by atoms with van der Waals surface area (Å²) < 4.78 is 2.20. The summed E-state index contributed by atoms with van der Waals surface area (Å²) >= 11 is 6.31. The molecular formula is C20H20ClN4+. The first kappa shape index (κ1) is 16.1. The topological polar surface area (TPSA) is 36.0 Å². The SMILES string of the molecule is CN(C)CCc1[nH]nc2cc(-c3ccccc3)c3cc(Cl)ccc3[n+]12. The Kier molecular flexibility index (Phi) is 4.15. The molecule has 4 nitrogen and oxygen atoms in total. The van der Waals surface area contributed by atoms with Crippen molar-refractivity contribution < 1.29 is 4.40 Å². The van der Waals surface area contributed by atoms with Crippen LogP contribution in [0, 0.1) is 0 Å². The number of aromatic amines is 1. The van der Waals surface area contributed by atoms with Crippen molar-refractivity contribution >= 4 is 28.2 Å². The van der Waals surface area contributed by atoms with Crippen molar-refractivity contribution in [3.8, 4) is 11.1 Å². The van der Waals surface area contributed by atoms with Crippen LogP contribution in [0.5, 0.6) is 0 Å². The summed E-state index contributed by atoms with van der Waals surface area (Å²) in [6.07, 6.45) is 0.899. The number of fused-ring (bicyclic) bond motifs is 3. The molecule has 2 aromatic carbocycles. The van der Waals surface area contributed by atoms with Crippen LogP contribution in [0.15, 0.2) is 54.6 Å². The maximum absolute atomic E-state index is 6.31. The third-order valence-electron chi connectivity index (χ3n) is 4.44. The summed E-state index contributed by atoms with van der Waals surface area (Å²) in [5.74, 6) is 1.09. The van der Waals surface area contributed by atoms with Crippen LogP contribution in [0.3, 0.4) is 0 Å². The van der Waals surface area contributed by atoms with Gasteiger partial charge in [0.05, 0.1) is 0 Å². The molecule has 126 valence electrons. The van der Waals surface area contributed by atoms with Crippen LogP contribution in [-0.2, 0) is 6.42 Å². The number of benzene rings is 2. The van der Waals surface area contributed by atoms with Gasteiger partial charge in [-0.25, -0.2) is 0 Å². The Hall–Kier alpha value is -2.43. The Balaban J connectivity index is 2.00. The fourth-order valence-corrected chi connectivity index (χ4v) is 3.38. The molecule has 0 spiro atoms. The quantitative estimate of drug-likeness (QED) is 0.569. The summed E-state index contributed by atoms with van der Waals surface area (Å²) in [5.41, 5.74) is 4.34. The molecule has 0 saturated carbocycles. The summed E-state index contributed by atoms with van der Waals surface area (Å²) in [6, 6.07) is 18.5. The van der Waals surface area contributed by atoms with E-state index in [9.17, 15) is 0 Å². The van der Waals surface area contributed by atoms with Crippen LogP contribution in [0.25, 0.3) is 27.7 Å². The number of halogens is 1. The lowest BCUT2D eigenvalue weighted by molar-refractivity contribution is -0.492. The second-order valence-electron chi connectivity index (χ2n) is 6.50. The molecule has 0 aliphatic carbocycles. The van der Waals surface area contributed by atoms with Gasteiger partial charge in [-0.1, -0.05) is 41.9 Å². The number of likely N-dealkylation sites (N-methyl/N-ethyl adjacent to an activating group) is 1. The molecular weight excluding hydrogens is 332 g/mol. The average molecular weight is 352 g/mol. The van der Waals surface area contributed by atoms with E-state index in [0.29, 0.717) is 0 Å². The molecule has 5 heteroatoms. The highest BCUT2D eigenvalue weighted by Gasteiger charge is 2.19. The fourth-order valence-electron chi connectivity index (χ4n) is 3.21. The molecule has 0 atom stereocenters. The van der Waals surface area contributed by atoms with Gasteiger partial charge in [0, 0.05) is 34.5 Å². The van der Waals surface area contributed by atoms with E-state index in [1.165, 1.54) is 0 Å². The summed E-state index contributed by atoms with van der Waals surface area (Å²) in [6.45, 7) is 0.958. The van der Waals surface area contributed by atoms with Gasteiger partial charge in [-0.2, -0.15) is 4.40 Å². The molecule has 0 saturated heterocycles. The van der Waals surface area contributed by atoms with Crippen molar-refractivity contribution in [2.45, 2.75) is 6.42 Å². The molecule has 4 aromatic rings. The molecule has 0 aliphatic heterocycles. The number of rotatable bonds is 4. The fraction of sp³-hybridized carbons (Fsp3) is 0.200. The third-order valence-corrected chi connectivity index (χ3v) is 4.68. The van der Waals surface area contributed by atoms with E-state index in [-0.39, 0.29) is 0 Å². The maximum atomic E-state index is 6.31. The number of nitrogens with one attached hydrogen (secondary N) is 1. The molecule has 1 N–H and O–H groups in total. The minimum Gasteiger partial charge on any atom is -0.309 e. The van der Waals surface area contributed by atoms with Crippen molar-refractivity contribution in [3.05, 3.63) is 65.4 Å². The van der Waals surface area contributed by atoms with Crippen LogP contribution in [-0.4, -0.2) is 35.7 Å². The predicted octanol–water partition coefficient (Wildman–Crippen LogP) is 3.73. The van der Waals surface area contributed by atoms with Crippen LogP contribution in [0.1, 0.15) is 5.82 Å². The molecule has 0 amide bonds. The van der Waals surface area contributed by atoms with Crippen molar-refractivity contribution in [1.29, 1.82) is 0 Å². The second kappa shape index (κ2) is 6.47. The highest BCUT2D eigenvalue weighted by atomic mass is 35.5. The first-order chi connectivity index (χ1) is 12.1. The molecule has 2 aromatic heterocycles. The van der Waals surface area contributed by atoms with Gasteiger partial charge in [-0.05, 0) is 43.4 Å². The van der Waals surface area contributed by atoms with Gasteiger partial charge < -0.3 is 4.90 Å². The monoisotopic (exact) mass is 351 g/mol. The Morgan fingerprint density at radius 3 is 2.64 bits per heavy atom. The largest absolute Gasteiger partial charge is 0.309 e. The van der Waals surface area contributed by atoms with Gasteiger partial charge in [0.1, 0.15) is 5.52 Å². The zero-order valence-corrected chi connectivity index (χ0v) is 15.1. The Bertz CT molecular complexity index is 1040. The summed E-state index contributed by atoms with van der Waals surface area (Å²) in [7, 11) is 4.16. The molecule has 4 rings (SSSR count). The first-order valence-electron chi connectivity index (χ1n) is 8.35. The Morgan fingerprint density at radius 2 is 1.88 bits per heavy atom. The number of hydrogen-bond donors (Lipinski definition) is 1. The Morgan fingerprint density at radius 1 is 1.08 bits per heavy atom. The van der Waals surface area contributed by atoms with Crippen molar-refractivity contribution in [3.63, 3.8) is 0 Å². The van der Waals surface area contributed by atoms with Crippen LogP contribution < -0.4 is 4.40 Å². The van der Waals surface area contributed by atoms with Crippen LogP contribution in [0.2, 0.25) is 5.02 Å². The standard InChI is InChI=1S/C20H19ClN4/c1-24(2)11-10-19-22-23-20-13-16(14-6-4-3-5-7-14)17-12-15(21)8-9-18(17)25(19)20/h3-9,12-13H,10-11H2,1-2H3/p+1. The van der Waals surface area contributed by atoms with Crippen molar-refractivity contribution in [1.82, 2.24) is 15.1 Å². The van der Waals surface area contributed by atoms with Gasteiger partial charge in [0.15, 0.2) is 0 Å². The number of pyridine rings is 1. The normalized spacial score (nSPS) is 11.7. The van der Waals surface area contributed by atoms with Gasteiger partial charge in [0.2, 0.25) is 5.82 Å². The van der Waals surface area contributed by atoms with E-state index in [2.05, 4.69) is 70.0 Å². The molecule has 25 heavy (non-hydrogen) atoms. The van der Waals surface area contributed by atoms with E-state index < -0.39 is 0 Å². The number of H-pyrrole nitrogens is 1. The lowest BCUT2D eigenvalue weighted by Crippen LogP contribution is -2.29.